The summed E-state index contributed by atoms with van der Waals surface area (Å²) in [6, 6.07) is 18.2. The summed E-state index contributed by atoms with van der Waals surface area (Å²) in [5, 5.41) is 7.68. The highest BCUT2D eigenvalue weighted by molar-refractivity contribution is 5.97. The highest BCUT2D eigenvalue weighted by Gasteiger charge is 2.31. The van der Waals surface area contributed by atoms with Gasteiger partial charge in [0.2, 0.25) is 5.91 Å². The molecule has 1 aliphatic heterocycles. The number of para-hydroxylation sites is 1. The third-order valence-electron chi connectivity index (χ3n) is 6.79. The molecule has 7 nitrogen and oxygen atoms in total. The second-order valence-electron chi connectivity index (χ2n) is 8.87. The Balaban J connectivity index is 1.27. The van der Waals surface area contributed by atoms with Crippen LogP contribution in [0.5, 0.6) is 0 Å². The predicted octanol–water partition coefficient (Wildman–Crippen LogP) is 4.14. The molecule has 1 aliphatic carbocycles. The summed E-state index contributed by atoms with van der Waals surface area (Å²) in [5.74, 6) is 1.70. The lowest BCUT2D eigenvalue weighted by molar-refractivity contribution is -0.120. The Bertz CT molecular complexity index is 1320. The Kier molecular flexibility index (Phi) is 5.02. The van der Waals surface area contributed by atoms with Gasteiger partial charge in [-0.2, -0.15) is 14.6 Å². The van der Waals surface area contributed by atoms with Crippen LogP contribution in [0.3, 0.4) is 0 Å². The number of hydrogen-bond acceptors (Lipinski definition) is 5. The quantitative estimate of drug-likeness (QED) is 0.518. The van der Waals surface area contributed by atoms with Crippen LogP contribution in [-0.4, -0.2) is 38.6 Å². The van der Waals surface area contributed by atoms with Crippen LogP contribution in [0.4, 0.5) is 11.5 Å². The summed E-state index contributed by atoms with van der Waals surface area (Å²) in [6.07, 6.45) is 6.51. The molecule has 0 saturated carbocycles. The lowest BCUT2D eigenvalue weighted by Crippen LogP contribution is -2.42. The van der Waals surface area contributed by atoms with E-state index in [0.717, 1.165) is 67.0 Å². The van der Waals surface area contributed by atoms with Crippen molar-refractivity contribution in [2.45, 2.75) is 32.1 Å². The average Bonchev–Trinajstić information content (AvgIpc) is 3.52. The number of piperidine rings is 1. The van der Waals surface area contributed by atoms with Crippen LogP contribution in [0.25, 0.3) is 16.9 Å². The highest BCUT2D eigenvalue weighted by Crippen LogP contribution is 2.34. The first kappa shape index (κ1) is 19.9. The van der Waals surface area contributed by atoms with Crippen LogP contribution >= 0.6 is 0 Å². The maximum Gasteiger partial charge on any atom is 0.254 e. The number of benzene rings is 2. The van der Waals surface area contributed by atoms with Crippen LogP contribution in [-0.2, 0) is 17.6 Å². The van der Waals surface area contributed by atoms with Crippen molar-refractivity contribution in [3.05, 3.63) is 72.2 Å². The van der Waals surface area contributed by atoms with E-state index in [1.165, 1.54) is 5.56 Å². The second kappa shape index (κ2) is 8.31. The zero-order chi connectivity index (χ0) is 22.2. The molecule has 33 heavy (non-hydrogen) atoms. The van der Waals surface area contributed by atoms with E-state index in [0.29, 0.717) is 12.3 Å². The van der Waals surface area contributed by atoms with E-state index in [-0.39, 0.29) is 11.8 Å². The molecule has 1 N–H and O–H groups in total. The van der Waals surface area contributed by atoms with Crippen molar-refractivity contribution in [1.82, 2.24) is 19.6 Å². The van der Waals surface area contributed by atoms with Gasteiger partial charge < -0.3 is 10.2 Å². The number of amides is 1. The van der Waals surface area contributed by atoms with E-state index in [1.54, 1.807) is 6.33 Å². The molecule has 166 valence electrons. The van der Waals surface area contributed by atoms with Crippen molar-refractivity contribution in [3.63, 3.8) is 0 Å². The van der Waals surface area contributed by atoms with Gasteiger partial charge >= 0.3 is 0 Å². The topological polar surface area (TPSA) is 75.4 Å². The standard InChI is InChI=1S/C26H26N6O/c33-24(29-22-13-5-4-11-20(22)18-8-2-1-3-9-18)19-10-7-15-31(16-19)25-21-12-6-14-23(21)30-26-27-17-28-32(25)26/h1-5,8-9,11,13,17,19H,6-7,10,12,14-16H2,(H,29,33)/t19-/m1/s1. The van der Waals surface area contributed by atoms with Gasteiger partial charge in [0.1, 0.15) is 12.1 Å². The predicted molar refractivity (Wildman–Crippen MR) is 128 cm³/mol. The van der Waals surface area contributed by atoms with Crippen molar-refractivity contribution in [2.24, 2.45) is 5.92 Å². The van der Waals surface area contributed by atoms with Gasteiger partial charge in [-0.15, -0.1) is 0 Å². The fourth-order valence-corrected chi connectivity index (χ4v) is 5.21. The minimum absolute atomic E-state index is 0.0728. The van der Waals surface area contributed by atoms with Crippen LogP contribution in [0.15, 0.2) is 60.9 Å². The summed E-state index contributed by atoms with van der Waals surface area (Å²) >= 11 is 0. The molecule has 2 aliphatic rings. The molecule has 1 fully saturated rings. The summed E-state index contributed by atoms with van der Waals surface area (Å²) in [7, 11) is 0. The lowest BCUT2D eigenvalue weighted by atomic mass is 9.96. The molecule has 1 saturated heterocycles. The van der Waals surface area contributed by atoms with Crippen molar-refractivity contribution in [1.29, 1.82) is 0 Å². The molecule has 0 bridgehead atoms. The van der Waals surface area contributed by atoms with Crippen molar-refractivity contribution in [2.75, 3.05) is 23.3 Å². The Morgan fingerprint density at radius 1 is 1.00 bits per heavy atom. The molecule has 0 unspecified atom stereocenters. The van der Waals surface area contributed by atoms with Crippen LogP contribution in [0, 0.1) is 5.92 Å². The van der Waals surface area contributed by atoms with Crippen molar-refractivity contribution < 1.29 is 4.79 Å². The summed E-state index contributed by atoms with van der Waals surface area (Å²) in [5.41, 5.74) is 5.39. The van der Waals surface area contributed by atoms with Crippen molar-refractivity contribution >= 4 is 23.2 Å². The van der Waals surface area contributed by atoms with Crippen LogP contribution < -0.4 is 10.2 Å². The van der Waals surface area contributed by atoms with Crippen LogP contribution in [0.2, 0.25) is 0 Å². The SMILES string of the molecule is O=C(Nc1ccccc1-c1ccccc1)[C@@H]1CCCN(c2c3c(nc4ncnn24)CCC3)C1. The minimum Gasteiger partial charge on any atom is -0.355 e. The number of rotatable bonds is 4. The van der Waals surface area contributed by atoms with E-state index in [2.05, 4.69) is 38.5 Å². The fourth-order valence-electron chi connectivity index (χ4n) is 5.21. The number of anilines is 2. The first-order valence-electron chi connectivity index (χ1n) is 11.7. The average molecular weight is 439 g/mol. The molecule has 0 radical (unpaired) electrons. The number of carbonyl (C=O) groups is 1. The third kappa shape index (κ3) is 3.63. The molecule has 1 amide bonds. The number of hydrogen-bond donors (Lipinski definition) is 1. The monoisotopic (exact) mass is 438 g/mol. The third-order valence-corrected chi connectivity index (χ3v) is 6.79. The smallest absolute Gasteiger partial charge is 0.254 e. The molecule has 3 heterocycles. The molecular weight excluding hydrogens is 412 g/mol. The number of aromatic nitrogens is 4. The molecule has 0 spiro atoms. The summed E-state index contributed by atoms with van der Waals surface area (Å²) < 4.78 is 1.86. The largest absolute Gasteiger partial charge is 0.355 e. The van der Waals surface area contributed by atoms with Crippen LogP contribution in [0.1, 0.15) is 30.5 Å². The van der Waals surface area contributed by atoms with Gasteiger partial charge in [0.05, 0.1) is 11.6 Å². The maximum absolute atomic E-state index is 13.4. The molecule has 4 aromatic rings. The Morgan fingerprint density at radius 2 is 1.85 bits per heavy atom. The van der Waals surface area contributed by atoms with Gasteiger partial charge in [-0.05, 0) is 43.7 Å². The van der Waals surface area contributed by atoms with E-state index in [9.17, 15) is 4.79 Å². The molecule has 1 atom stereocenters. The summed E-state index contributed by atoms with van der Waals surface area (Å²) in [6.45, 7) is 1.58. The van der Waals surface area contributed by atoms with E-state index >= 15 is 0 Å². The lowest BCUT2D eigenvalue weighted by Gasteiger charge is -2.34. The summed E-state index contributed by atoms with van der Waals surface area (Å²) in [4.78, 5) is 24.8. The highest BCUT2D eigenvalue weighted by atomic mass is 16.1. The zero-order valence-electron chi connectivity index (χ0n) is 18.4. The van der Waals surface area contributed by atoms with E-state index in [1.807, 2.05) is 40.9 Å². The number of carbonyl (C=O) groups excluding carboxylic acids is 1. The number of fused-ring (bicyclic) bond motifs is 2. The zero-order valence-corrected chi connectivity index (χ0v) is 18.4. The van der Waals surface area contributed by atoms with Gasteiger partial charge in [0.25, 0.3) is 5.78 Å². The fraction of sp³-hybridized carbons (Fsp3) is 0.308. The molecule has 7 heteroatoms. The normalized spacial score (nSPS) is 17.8. The van der Waals surface area contributed by atoms with Gasteiger partial charge in [-0.1, -0.05) is 48.5 Å². The molecule has 2 aromatic carbocycles. The Hall–Kier alpha value is -3.74. The van der Waals surface area contributed by atoms with Crippen molar-refractivity contribution in [3.8, 4) is 11.1 Å². The van der Waals surface area contributed by atoms with E-state index in [4.69, 9.17) is 4.98 Å². The van der Waals surface area contributed by atoms with Gasteiger partial charge in [-0.25, -0.2) is 4.98 Å². The second-order valence-corrected chi connectivity index (χ2v) is 8.87. The first-order chi connectivity index (χ1) is 16.3. The van der Waals surface area contributed by atoms with Gasteiger partial charge in [0, 0.05) is 29.9 Å². The van der Waals surface area contributed by atoms with E-state index < -0.39 is 0 Å². The maximum atomic E-state index is 13.4. The minimum atomic E-state index is -0.0913. The molecule has 6 rings (SSSR count). The molecular formula is C26H26N6O. The number of aryl methyl sites for hydroxylation is 1. The first-order valence-corrected chi connectivity index (χ1v) is 11.7. The Morgan fingerprint density at radius 3 is 2.76 bits per heavy atom. The molecule has 2 aromatic heterocycles. The van der Waals surface area contributed by atoms with Gasteiger partial charge in [-0.3, -0.25) is 4.79 Å². The number of nitrogens with one attached hydrogen (secondary N) is 1. The van der Waals surface area contributed by atoms with Gasteiger partial charge in [0.15, 0.2) is 0 Å². The Labute approximate surface area is 192 Å². The number of nitrogens with zero attached hydrogens (tertiary/aromatic N) is 5.